The van der Waals surface area contributed by atoms with E-state index in [1.165, 1.54) is 43.0 Å². The number of carbonyl (C=O) groups excluding carboxylic acids is 1. The standard InChI is InChI=1S/C28H31F3N6O4S/c1-16-5-8-36(14-16)15-22-24(18-3-4-21(41-2)19(11-18)28(29,30)31)34-27(42-22)35-25(38)20-12-33-23(13-32-20)37-9-6-17(7-10-37)26(39)40/h3-4,11-13,16-17H,5-10,14-15H2,1-2H3,(H,39,40)(H,34,35,38)/t16-/m0/s1. The minimum Gasteiger partial charge on any atom is -0.496 e. The summed E-state index contributed by atoms with van der Waals surface area (Å²) in [5, 5.41) is 12.2. The highest BCUT2D eigenvalue weighted by Crippen LogP contribution is 2.41. The first-order valence-corrected chi connectivity index (χ1v) is 14.4. The van der Waals surface area contributed by atoms with Crippen molar-refractivity contribution in [2.24, 2.45) is 11.8 Å². The van der Waals surface area contributed by atoms with E-state index in [4.69, 9.17) is 4.74 Å². The molecule has 224 valence electrons. The van der Waals surface area contributed by atoms with Gasteiger partial charge in [0.2, 0.25) is 0 Å². The van der Waals surface area contributed by atoms with Crippen molar-refractivity contribution in [3.63, 3.8) is 0 Å². The number of aliphatic carboxylic acids is 1. The number of nitrogens with zero attached hydrogens (tertiary/aromatic N) is 5. The van der Waals surface area contributed by atoms with E-state index < -0.39 is 23.6 Å². The summed E-state index contributed by atoms with van der Waals surface area (Å²) < 4.78 is 46.2. The predicted octanol–water partition coefficient (Wildman–Crippen LogP) is 5.02. The number of likely N-dealkylation sites (tertiary alicyclic amines) is 1. The van der Waals surface area contributed by atoms with Gasteiger partial charge >= 0.3 is 12.1 Å². The molecule has 5 rings (SSSR count). The molecule has 1 aromatic carbocycles. The number of hydrogen-bond donors (Lipinski definition) is 2. The van der Waals surface area contributed by atoms with Crippen LogP contribution in [0.4, 0.5) is 24.1 Å². The van der Waals surface area contributed by atoms with E-state index in [-0.39, 0.29) is 28.1 Å². The lowest BCUT2D eigenvalue weighted by Crippen LogP contribution is -2.36. The number of piperidine rings is 1. The number of aromatic nitrogens is 3. The molecule has 0 spiro atoms. The first-order valence-electron chi connectivity index (χ1n) is 13.6. The molecular formula is C28H31F3N6O4S. The average Bonchev–Trinajstić information content (AvgIpc) is 3.57. The molecule has 2 fully saturated rings. The molecule has 42 heavy (non-hydrogen) atoms. The zero-order valence-electron chi connectivity index (χ0n) is 23.1. The number of carbonyl (C=O) groups is 2. The molecule has 1 amide bonds. The van der Waals surface area contributed by atoms with Crippen LogP contribution in [0.2, 0.25) is 0 Å². The Morgan fingerprint density at radius 3 is 2.50 bits per heavy atom. The Balaban J connectivity index is 1.36. The molecule has 0 unspecified atom stereocenters. The quantitative estimate of drug-likeness (QED) is 0.365. The van der Waals surface area contributed by atoms with Crippen molar-refractivity contribution in [3.05, 3.63) is 46.7 Å². The number of rotatable bonds is 8. The minimum absolute atomic E-state index is 0.0506. The average molecular weight is 605 g/mol. The number of alkyl halides is 3. The second kappa shape index (κ2) is 12.2. The van der Waals surface area contributed by atoms with Crippen molar-refractivity contribution in [3.8, 4) is 17.0 Å². The van der Waals surface area contributed by atoms with Crippen LogP contribution in [-0.4, -0.2) is 70.1 Å². The number of thiazole rings is 1. The van der Waals surface area contributed by atoms with Crippen molar-refractivity contribution in [1.82, 2.24) is 19.9 Å². The summed E-state index contributed by atoms with van der Waals surface area (Å²) in [5.41, 5.74) is -0.203. The lowest BCUT2D eigenvalue weighted by molar-refractivity contribution is -0.142. The smallest absolute Gasteiger partial charge is 0.419 e. The number of hydrogen-bond acceptors (Lipinski definition) is 9. The van der Waals surface area contributed by atoms with Gasteiger partial charge in [0.1, 0.15) is 17.3 Å². The molecule has 0 aliphatic carbocycles. The Bertz CT molecular complexity index is 1440. The summed E-state index contributed by atoms with van der Waals surface area (Å²) in [7, 11) is 1.19. The first kappa shape index (κ1) is 29.7. The van der Waals surface area contributed by atoms with Gasteiger partial charge in [-0.2, -0.15) is 13.2 Å². The lowest BCUT2D eigenvalue weighted by atomic mass is 9.97. The van der Waals surface area contributed by atoms with Crippen molar-refractivity contribution >= 4 is 34.2 Å². The monoisotopic (exact) mass is 604 g/mol. The third-order valence-electron chi connectivity index (χ3n) is 7.61. The van der Waals surface area contributed by atoms with Crippen molar-refractivity contribution < 1.29 is 32.6 Å². The fraction of sp³-hybridized carbons (Fsp3) is 0.464. The second-order valence-corrected chi connectivity index (χ2v) is 11.7. The van der Waals surface area contributed by atoms with Crippen LogP contribution in [-0.2, 0) is 17.5 Å². The van der Waals surface area contributed by atoms with E-state index in [1.807, 2.05) is 4.90 Å². The third-order valence-corrected chi connectivity index (χ3v) is 8.57. The zero-order chi connectivity index (χ0) is 30.0. The van der Waals surface area contributed by atoms with Gasteiger partial charge in [-0.05, 0) is 49.9 Å². The lowest BCUT2D eigenvalue weighted by Gasteiger charge is -2.30. The molecule has 0 saturated carbocycles. The number of halogens is 3. The number of carboxylic acids is 1. The van der Waals surface area contributed by atoms with Crippen molar-refractivity contribution in [2.45, 2.75) is 38.9 Å². The molecular weight excluding hydrogens is 573 g/mol. The summed E-state index contributed by atoms with van der Waals surface area (Å²) >= 11 is 1.22. The van der Waals surface area contributed by atoms with E-state index in [0.29, 0.717) is 49.9 Å². The Hall–Kier alpha value is -3.78. The van der Waals surface area contributed by atoms with Crippen LogP contribution < -0.4 is 15.0 Å². The highest BCUT2D eigenvalue weighted by atomic mass is 32.1. The molecule has 10 nitrogen and oxygen atoms in total. The molecule has 4 heterocycles. The largest absolute Gasteiger partial charge is 0.496 e. The van der Waals surface area contributed by atoms with Crippen LogP contribution in [0, 0.1) is 11.8 Å². The maximum atomic E-state index is 13.8. The normalized spacial score (nSPS) is 18.3. The van der Waals surface area contributed by atoms with Crippen molar-refractivity contribution in [2.75, 3.05) is 43.5 Å². The second-order valence-electron chi connectivity index (χ2n) is 10.6. The first-order chi connectivity index (χ1) is 20.0. The van der Waals surface area contributed by atoms with Gasteiger partial charge in [0, 0.05) is 36.6 Å². The summed E-state index contributed by atoms with van der Waals surface area (Å²) in [6.45, 7) is 5.44. The fourth-order valence-corrected chi connectivity index (χ4v) is 6.33. The Labute approximate surface area is 244 Å². The number of anilines is 2. The molecule has 0 bridgehead atoms. The van der Waals surface area contributed by atoms with Gasteiger partial charge in [-0.1, -0.05) is 18.3 Å². The topological polar surface area (TPSA) is 121 Å². The highest BCUT2D eigenvalue weighted by Gasteiger charge is 2.35. The van der Waals surface area contributed by atoms with Crippen LogP contribution in [0.3, 0.4) is 0 Å². The Morgan fingerprint density at radius 1 is 1.14 bits per heavy atom. The van der Waals surface area contributed by atoms with Gasteiger partial charge in [-0.15, -0.1) is 0 Å². The molecule has 1 atom stereocenters. The summed E-state index contributed by atoms with van der Waals surface area (Å²) in [4.78, 5) is 42.3. The maximum Gasteiger partial charge on any atom is 0.419 e. The maximum absolute atomic E-state index is 13.8. The Morgan fingerprint density at radius 2 is 1.90 bits per heavy atom. The van der Waals surface area contributed by atoms with Gasteiger partial charge in [0.15, 0.2) is 5.13 Å². The molecule has 2 saturated heterocycles. The van der Waals surface area contributed by atoms with E-state index >= 15 is 0 Å². The summed E-state index contributed by atoms with van der Waals surface area (Å²) in [6.07, 6.45) is 0.236. The van der Waals surface area contributed by atoms with Crippen LogP contribution in [0.25, 0.3) is 11.3 Å². The molecule has 0 radical (unpaired) electrons. The number of methoxy groups -OCH3 is 1. The summed E-state index contributed by atoms with van der Waals surface area (Å²) in [5.74, 6) is -0.940. The van der Waals surface area contributed by atoms with Gasteiger partial charge in [0.05, 0.1) is 36.7 Å². The number of nitrogens with one attached hydrogen (secondary N) is 1. The third kappa shape index (κ3) is 6.65. The van der Waals surface area contributed by atoms with Crippen LogP contribution >= 0.6 is 11.3 Å². The molecule has 2 aliphatic rings. The SMILES string of the molecule is COc1ccc(-c2nc(NC(=O)c3cnc(N4CCC(C(=O)O)CC4)cn3)sc2CN2CC[C@H](C)C2)cc1C(F)(F)F. The van der Waals surface area contributed by atoms with E-state index in [9.17, 15) is 27.9 Å². The van der Waals surface area contributed by atoms with E-state index in [2.05, 4.69) is 32.1 Å². The van der Waals surface area contributed by atoms with E-state index in [1.54, 1.807) is 0 Å². The molecule has 14 heteroatoms. The number of ether oxygens (including phenoxy) is 1. The minimum atomic E-state index is -4.62. The van der Waals surface area contributed by atoms with Gasteiger partial charge in [-0.25, -0.2) is 15.0 Å². The van der Waals surface area contributed by atoms with Crippen LogP contribution in [0.5, 0.6) is 5.75 Å². The summed E-state index contributed by atoms with van der Waals surface area (Å²) in [6, 6.07) is 3.84. The number of benzene rings is 1. The van der Waals surface area contributed by atoms with Crippen molar-refractivity contribution in [1.29, 1.82) is 0 Å². The van der Waals surface area contributed by atoms with Gasteiger partial charge < -0.3 is 14.7 Å². The molecule has 2 aromatic heterocycles. The van der Waals surface area contributed by atoms with Gasteiger partial charge in [0.25, 0.3) is 5.91 Å². The molecule has 3 aromatic rings. The van der Waals surface area contributed by atoms with Crippen LogP contribution in [0.1, 0.15) is 47.1 Å². The number of carboxylic acid groups (broad SMARTS) is 1. The van der Waals surface area contributed by atoms with Gasteiger partial charge in [-0.3, -0.25) is 19.8 Å². The number of amides is 1. The van der Waals surface area contributed by atoms with Crippen LogP contribution in [0.15, 0.2) is 30.6 Å². The highest BCUT2D eigenvalue weighted by molar-refractivity contribution is 7.16. The predicted molar refractivity (Wildman–Crippen MR) is 151 cm³/mol. The molecule has 2 N–H and O–H groups in total. The molecule has 2 aliphatic heterocycles. The fourth-order valence-electron chi connectivity index (χ4n) is 5.31. The van der Waals surface area contributed by atoms with E-state index in [0.717, 1.165) is 30.5 Å². The Kier molecular flexibility index (Phi) is 8.64. The zero-order valence-corrected chi connectivity index (χ0v) is 24.0.